The van der Waals surface area contributed by atoms with Gasteiger partial charge in [-0.1, -0.05) is 0 Å². The topological polar surface area (TPSA) is 54.3 Å². The molecular formula is C13H18N2O2. The molecule has 1 aromatic rings. The van der Waals surface area contributed by atoms with Gasteiger partial charge in [-0.3, -0.25) is 0 Å². The smallest absolute Gasteiger partial charge is 0.145 e. The van der Waals surface area contributed by atoms with Gasteiger partial charge in [-0.25, -0.2) is 0 Å². The number of nitrogens with one attached hydrogen (secondary N) is 1. The molecule has 92 valence electrons. The molecule has 4 heteroatoms. The third-order valence-corrected chi connectivity index (χ3v) is 2.77. The van der Waals surface area contributed by atoms with Crippen LogP contribution in [0.5, 0.6) is 11.5 Å². The van der Waals surface area contributed by atoms with Crippen molar-refractivity contribution in [3.8, 4) is 17.6 Å². The minimum absolute atomic E-state index is 0.457. The summed E-state index contributed by atoms with van der Waals surface area (Å²) < 4.78 is 10.7. The van der Waals surface area contributed by atoms with Gasteiger partial charge in [0.15, 0.2) is 0 Å². The Hall–Kier alpha value is -1.89. The lowest BCUT2D eigenvalue weighted by molar-refractivity contribution is 0.399. The third kappa shape index (κ3) is 2.82. The molecule has 0 aliphatic rings. The largest absolute Gasteiger partial charge is 0.496 e. The first-order valence-electron chi connectivity index (χ1n) is 5.48. The van der Waals surface area contributed by atoms with Crippen LogP contribution >= 0.6 is 0 Å². The second-order valence-corrected chi connectivity index (χ2v) is 3.74. The summed E-state index contributed by atoms with van der Waals surface area (Å²) in [4.78, 5) is 0. The lowest BCUT2D eigenvalue weighted by Gasteiger charge is -2.17. The molecule has 1 aromatic carbocycles. The fraction of sp³-hybridized carbons (Fsp3) is 0.462. The first-order chi connectivity index (χ1) is 8.15. The van der Waals surface area contributed by atoms with E-state index in [0.29, 0.717) is 13.0 Å². The van der Waals surface area contributed by atoms with Crippen LogP contribution in [0.4, 0.5) is 5.69 Å². The minimum atomic E-state index is 0.457. The second-order valence-electron chi connectivity index (χ2n) is 3.74. The van der Waals surface area contributed by atoms with Crippen molar-refractivity contribution >= 4 is 5.69 Å². The maximum absolute atomic E-state index is 8.52. The van der Waals surface area contributed by atoms with E-state index >= 15 is 0 Å². The highest BCUT2D eigenvalue weighted by Crippen LogP contribution is 2.36. The average molecular weight is 234 g/mol. The van der Waals surface area contributed by atoms with Crippen molar-refractivity contribution in [2.24, 2.45) is 0 Å². The van der Waals surface area contributed by atoms with Crippen molar-refractivity contribution < 1.29 is 9.47 Å². The lowest BCUT2D eigenvalue weighted by Crippen LogP contribution is -2.05. The quantitative estimate of drug-likeness (QED) is 0.796. The van der Waals surface area contributed by atoms with Crippen LogP contribution in [0.25, 0.3) is 0 Å². The number of nitriles is 1. The van der Waals surface area contributed by atoms with E-state index in [4.69, 9.17) is 14.7 Å². The number of nitrogens with zero attached hydrogens (tertiary/aromatic N) is 1. The molecule has 0 spiro atoms. The minimum Gasteiger partial charge on any atom is -0.496 e. The summed E-state index contributed by atoms with van der Waals surface area (Å²) in [6.07, 6.45) is 0.457. The summed E-state index contributed by atoms with van der Waals surface area (Å²) >= 11 is 0. The molecule has 0 aliphatic heterocycles. The van der Waals surface area contributed by atoms with Crippen molar-refractivity contribution in [3.63, 3.8) is 0 Å². The molecule has 0 bridgehead atoms. The van der Waals surface area contributed by atoms with Gasteiger partial charge >= 0.3 is 0 Å². The Morgan fingerprint density at radius 3 is 2.47 bits per heavy atom. The summed E-state index contributed by atoms with van der Waals surface area (Å²) in [7, 11) is 3.29. The molecule has 1 rings (SSSR count). The number of ether oxygens (including phenoxy) is 2. The molecule has 0 fully saturated rings. The fourth-order valence-electron chi connectivity index (χ4n) is 1.72. The van der Waals surface area contributed by atoms with Gasteiger partial charge in [-0.15, -0.1) is 0 Å². The SMILES string of the molecule is COc1cc(NCCC#N)c(OC)c(C)c1C. The lowest BCUT2D eigenvalue weighted by atomic mass is 10.1. The number of benzene rings is 1. The van der Waals surface area contributed by atoms with E-state index in [9.17, 15) is 0 Å². The molecular weight excluding hydrogens is 216 g/mol. The maximum atomic E-state index is 8.52. The average Bonchev–Trinajstić information content (AvgIpc) is 2.34. The summed E-state index contributed by atoms with van der Waals surface area (Å²) in [6.45, 7) is 4.58. The summed E-state index contributed by atoms with van der Waals surface area (Å²) in [6, 6.07) is 4.00. The number of anilines is 1. The van der Waals surface area contributed by atoms with Crippen LogP contribution in [0.3, 0.4) is 0 Å². The zero-order valence-corrected chi connectivity index (χ0v) is 10.8. The second kappa shape index (κ2) is 6.00. The molecule has 1 N–H and O–H groups in total. The Morgan fingerprint density at radius 2 is 1.94 bits per heavy atom. The first-order valence-corrected chi connectivity index (χ1v) is 5.48. The summed E-state index contributed by atoms with van der Waals surface area (Å²) in [5.41, 5.74) is 2.98. The number of hydrogen-bond acceptors (Lipinski definition) is 4. The van der Waals surface area contributed by atoms with Gasteiger partial charge in [-0.2, -0.15) is 5.26 Å². The number of methoxy groups -OCH3 is 2. The van der Waals surface area contributed by atoms with Crippen LogP contribution in [-0.4, -0.2) is 20.8 Å². The van der Waals surface area contributed by atoms with E-state index in [-0.39, 0.29) is 0 Å². The maximum Gasteiger partial charge on any atom is 0.145 e. The van der Waals surface area contributed by atoms with Gasteiger partial charge in [0.05, 0.1) is 32.4 Å². The Bertz CT molecular complexity index is 436. The standard InChI is InChI=1S/C13H18N2O2/c1-9-10(2)13(17-4)11(8-12(9)16-3)15-7-5-6-14/h8,15H,5,7H2,1-4H3. The monoisotopic (exact) mass is 234 g/mol. The molecule has 0 saturated heterocycles. The molecule has 0 unspecified atom stereocenters. The zero-order chi connectivity index (χ0) is 12.8. The third-order valence-electron chi connectivity index (χ3n) is 2.77. The molecule has 0 heterocycles. The van der Waals surface area contributed by atoms with Gasteiger partial charge in [0, 0.05) is 12.6 Å². The van der Waals surface area contributed by atoms with Crippen molar-refractivity contribution in [2.45, 2.75) is 20.3 Å². The molecule has 0 saturated carbocycles. The van der Waals surface area contributed by atoms with Crippen LogP contribution in [0.2, 0.25) is 0 Å². The highest BCUT2D eigenvalue weighted by atomic mass is 16.5. The first kappa shape index (κ1) is 13.2. The van der Waals surface area contributed by atoms with E-state index in [1.54, 1.807) is 14.2 Å². The Labute approximate surface area is 102 Å². The van der Waals surface area contributed by atoms with Crippen molar-refractivity contribution in [2.75, 3.05) is 26.1 Å². The molecule has 4 nitrogen and oxygen atoms in total. The highest BCUT2D eigenvalue weighted by Gasteiger charge is 2.13. The number of rotatable bonds is 5. The van der Waals surface area contributed by atoms with Crippen LogP contribution < -0.4 is 14.8 Å². The zero-order valence-electron chi connectivity index (χ0n) is 10.8. The van der Waals surface area contributed by atoms with Crippen molar-refractivity contribution in [3.05, 3.63) is 17.2 Å². The Morgan fingerprint density at radius 1 is 1.24 bits per heavy atom. The Balaban J connectivity index is 3.10. The van der Waals surface area contributed by atoms with Crippen molar-refractivity contribution in [1.82, 2.24) is 0 Å². The molecule has 0 amide bonds. The predicted molar refractivity (Wildman–Crippen MR) is 67.7 cm³/mol. The van der Waals surface area contributed by atoms with Crippen LogP contribution in [0.1, 0.15) is 17.5 Å². The van der Waals surface area contributed by atoms with E-state index in [1.165, 1.54) is 0 Å². The van der Waals surface area contributed by atoms with Gasteiger partial charge in [-0.05, 0) is 25.0 Å². The van der Waals surface area contributed by atoms with Crippen LogP contribution in [0, 0.1) is 25.2 Å². The van der Waals surface area contributed by atoms with Crippen LogP contribution in [-0.2, 0) is 0 Å². The Kier molecular flexibility index (Phi) is 4.65. The number of hydrogen-bond donors (Lipinski definition) is 1. The van der Waals surface area contributed by atoms with E-state index < -0.39 is 0 Å². The fourth-order valence-corrected chi connectivity index (χ4v) is 1.72. The van der Waals surface area contributed by atoms with Gasteiger partial charge in [0.1, 0.15) is 11.5 Å². The molecule has 0 aliphatic carbocycles. The summed E-state index contributed by atoms with van der Waals surface area (Å²) in [5, 5.41) is 11.7. The van der Waals surface area contributed by atoms with E-state index in [2.05, 4.69) is 11.4 Å². The molecule has 0 aromatic heterocycles. The van der Waals surface area contributed by atoms with Gasteiger partial charge in [0.2, 0.25) is 0 Å². The van der Waals surface area contributed by atoms with Crippen molar-refractivity contribution in [1.29, 1.82) is 5.26 Å². The normalized spacial score (nSPS) is 9.59. The molecule has 17 heavy (non-hydrogen) atoms. The van der Waals surface area contributed by atoms with Gasteiger partial charge in [0.25, 0.3) is 0 Å². The summed E-state index contributed by atoms with van der Waals surface area (Å²) in [5.74, 6) is 1.63. The van der Waals surface area contributed by atoms with Crippen LogP contribution in [0.15, 0.2) is 6.07 Å². The molecule has 0 radical (unpaired) electrons. The molecule has 0 atom stereocenters. The predicted octanol–water partition coefficient (Wildman–Crippen LogP) is 2.65. The van der Waals surface area contributed by atoms with E-state index in [0.717, 1.165) is 28.3 Å². The highest BCUT2D eigenvalue weighted by molar-refractivity contribution is 5.66. The van der Waals surface area contributed by atoms with E-state index in [1.807, 2.05) is 19.9 Å². The van der Waals surface area contributed by atoms with Gasteiger partial charge < -0.3 is 14.8 Å².